The molecule has 0 aliphatic rings. The molecule has 0 aliphatic carbocycles. The second kappa shape index (κ2) is 14.9. The average molecular weight is 378 g/mol. The van der Waals surface area contributed by atoms with Crippen molar-refractivity contribution in [2.45, 2.75) is 89.6 Å². The highest BCUT2D eigenvalue weighted by Gasteiger charge is 2.33. The topological polar surface area (TPSA) is 134 Å². The Labute approximate surface area is 155 Å². The van der Waals surface area contributed by atoms with E-state index < -0.39 is 36.4 Å². The van der Waals surface area contributed by atoms with Gasteiger partial charge in [-0.15, -0.1) is 0 Å². The number of hydrogen-bond donors (Lipinski definition) is 4. The molecule has 4 unspecified atom stereocenters. The van der Waals surface area contributed by atoms with E-state index in [4.69, 9.17) is 9.47 Å². The molecule has 4 atom stereocenters. The first-order valence-corrected chi connectivity index (χ1v) is 9.38. The summed E-state index contributed by atoms with van der Waals surface area (Å²) >= 11 is 0. The van der Waals surface area contributed by atoms with Crippen LogP contribution in [0.3, 0.4) is 0 Å². The number of aliphatic hydroxyl groups excluding tert-OH is 4. The molecule has 0 aromatic rings. The highest BCUT2D eigenvalue weighted by molar-refractivity contribution is 5.85. The standard InChI is InChI=1S/C18H34O8/c1-3-5-7-9-13(19)11-25-17(23)15(21)16(22)18(24)26-12-14(20)10-8-6-4-2/h13-16,19-22H,3-12H2,1-2H3. The van der Waals surface area contributed by atoms with E-state index in [2.05, 4.69) is 0 Å². The van der Waals surface area contributed by atoms with E-state index in [0.29, 0.717) is 12.8 Å². The third-order valence-corrected chi connectivity index (χ3v) is 3.90. The minimum atomic E-state index is -2.11. The molecule has 0 aromatic carbocycles. The largest absolute Gasteiger partial charge is 0.461 e. The minimum absolute atomic E-state index is 0.322. The van der Waals surface area contributed by atoms with Crippen molar-refractivity contribution in [2.75, 3.05) is 13.2 Å². The van der Waals surface area contributed by atoms with Crippen molar-refractivity contribution in [3.63, 3.8) is 0 Å². The molecule has 0 aromatic heterocycles. The zero-order valence-electron chi connectivity index (χ0n) is 15.8. The Bertz CT molecular complexity index is 351. The monoisotopic (exact) mass is 378 g/mol. The summed E-state index contributed by atoms with van der Waals surface area (Å²) in [6, 6.07) is 0. The van der Waals surface area contributed by atoms with Crippen molar-refractivity contribution in [1.82, 2.24) is 0 Å². The number of ether oxygens (including phenoxy) is 2. The third kappa shape index (κ3) is 11.4. The first-order valence-electron chi connectivity index (χ1n) is 9.38. The van der Waals surface area contributed by atoms with Gasteiger partial charge in [0.1, 0.15) is 13.2 Å². The molecule has 154 valence electrons. The Morgan fingerprint density at radius 3 is 1.35 bits per heavy atom. The van der Waals surface area contributed by atoms with Gasteiger partial charge in [-0.2, -0.15) is 0 Å². The number of carbonyl (C=O) groups excluding carboxylic acids is 2. The van der Waals surface area contributed by atoms with Crippen LogP contribution >= 0.6 is 0 Å². The van der Waals surface area contributed by atoms with Crippen molar-refractivity contribution < 1.29 is 39.5 Å². The summed E-state index contributed by atoms with van der Waals surface area (Å²) in [4.78, 5) is 23.3. The van der Waals surface area contributed by atoms with Gasteiger partial charge in [-0.05, 0) is 12.8 Å². The maximum absolute atomic E-state index is 11.6. The van der Waals surface area contributed by atoms with Crippen molar-refractivity contribution in [1.29, 1.82) is 0 Å². The molecule has 0 bridgehead atoms. The summed E-state index contributed by atoms with van der Waals surface area (Å²) in [5.74, 6) is -2.43. The zero-order valence-corrected chi connectivity index (χ0v) is 15.8. The minimum Gasteiger partial charge on any atom is -0.461 e. The van der Waals surface area contributed by atoms with E-state index in [0.717, 1.165) is 38.5 Å². The van der Waals surface area contributed by atoms with E-state index >= 15 is 0 Å². The number of aliphatic hydroxyl groups is 4. The molecule has 26 heavy (non-hydrogen) atoms. The number of hydrogen-bond acceptors (Lipinski definition) is 8. The molecule has 0 saturated carbocycles. The molecule has 0 rings (SSSR count). The Balaban J connectivity index is 4.11. The van der Waals surface area contributed by atoms with Gasteiger partial charge in [0, 0.05) is 0 Å². The van der Waals surface area contributed by atoms with Crippen LogP contribution in [-0.2, 0) is 19.1 Å². The Kier molecular flexibility index (Phi) is 14.2. The Morgan fingerprint density at radius 2 is 1.04 bits per heavy atom. The summed E-state index contributed by atoms with van der Waals surface area (Å²) < 4.78 is 9.41. The van der Waals surface area contributed by atoms with Crippen molar-refractivity contribution in [2.24, 2.45) is 0 Å². The fraction of sp³-hybridized carbons (Fsp3) is 0.889. The van der Waals surface area contributed by atoms with Crippen molar-refractivity contribution >= 4 is 11.9 Å². The molecule has 4 N–H and O–H groups in total. The van der Waals surface area contributed by atoms with Gasteiger partial charge in [0.25, 0.3) is 0 Å². The molecule has 0 aliphatic heterocycles. The number of rotatable bonds is 15. The van der Waals surface area contributed by atoms with Gasteiger partial charge < -0.3 is 29.9 Å². The normalized spacial score (nSPS) is 15.8. The Hall–Kier alpha value is -1.22. The molecule has 0 heterocycles. The second-order valence-corrected chi connectivity index (χ2v) is 6.45. The van der Waals surface area contributed by atoms with Gasteiger partial charge in [0.2, 0.25) is 0 Å². The van der Waals surface area contributed by atoms with Crippen LogP contribution in [0, 0.1) is 0 Å². The highest BCUT2D eigenvalue weighted by Crippen LogP contribution is 2.07. The van der Waals surface area contributed by atoms with Gasteiger partial charge in [-0.25, -0.2) is 9.59 Å². The summed E-state index contributed by atoms with van der Waals surface area (Å²) in [6.07, 6.45) is 0.422. The van der Waals surface area contributed by atoms with Crippen LogP contribution in [-0.4, -0.2) is 70.0 Å². The highest BCUT2D eigenvalue weighted by atomic mass is 16.6. The predicted octanol–water partition coefficient (Wildman–Crippen LogP) is 0.677. The van der Waals surface area contributed by atoms with Crippen LogP contribution in [0.15, 0.2) is 0 Å². The molecule has 8 nitrogen and oxygen atoms in total. The van der Waals surface area contributed by atoms with Crippen molar-refractivity contribution in [3.05, 3.63) is 0 Å². The van der Waals surface area contributed by atoms with Crippen LogP contribution in [0.4, 0.5) is 0 Å². The van der Waals surface area contributed by atoms with E-state index in [1.807, 2.05) is 13.8 Å². The molecular weight excluding hydrogens is 344 g/mol. The first-order chi connectivity index (χ1) is 12.3. The summed E-state index contributed by atoms with van der Waals surface area (Å²) in [5.41, 5.74) is 0. The molecule has 0 saturated heterocycles. The number of carbonyl (C=O) groups is 2. The van der Waals surface area contributed by atoms with Gasteiger partial charge in [0.05, 0.1) is 12.2 Å². The van der Waals surface area contributed by atoms with Gasteiger partial charge in [-0.3, -0.25) is 0 Å². The number of esters is 2. The van der Waals surface area contributed by atoms with E-state index in [1.54, 1.807) is 0 Å². The molecule has 0 radical (unpaired) electrons. The lowest BCUT2D eigenvalue weighted by atomic mass is 10.1. The Morgan fingerprint density at radius 1 is 0.692 bits per heavy atom. The summed E-state index contributed by atoms with van der Waals surface area (Å²) in [7, 11) is 0. The lowest BCUT2D eigenvalue weighted by molar-refractivity contribution is -0.176. The molecule has 0 amide bonds. The SMILES string of the molecule is CCCCCC(O)COC(=O)C(O)C(O)C(=O)OCC(O)CCCCC. The second-order valence-electron chi connectivity index (χ2n) is 6.45. The predicted molar refractivity (Wildman–Crippen MR) is 94.2 cm³/mol. The molecule has 8 heteroatoms. The van der Waals surface area contributed by atoms with E-state index in [9.17, 15) is 30.0 Å². The van der Waals surface area contributed by atoms with Crippen LogP contribution in [0.1, 0.15) is 65.2 Å². The fourth-order valence-corrected chi connectivity index (χ4v) is 2.21. The average Bonchev–Trinajstić information content (AvgIpc) is 2.63. The lowest BCUT2D eigenvalue weighted by Gasteiger charge is -2.18. The quantitative estimate of drug-likeness (QED) is 0.241. The first kappa shape index (κ1) is 24.8. The zero-order chi connectivity index (χ0) is 19.9. The van der Waals surface area contributed by atoms with Gasteiger partial charge >= 0.3 is 11.9 Å². The van der Waals surface area contributed by atoms with Gasteiger partial charge in [0.15, 0.2) is 12.2 Å². The van der Waals surface area contributed by atoms with Crippen molar-refractivity contribution in [3.8, 4) is 0 Å². The van der Waals surface area contributed by atoms with Crippen LogP contribution in [0.5, 0.6) is 0 Å². The lowest BCUT2D eigenvalue weighted by Crippen LogP contribution is -2.43. The fourth-order valence-electron chi connectivity index (χ4n) is 2.21. The van der Waals surface area contributed by atoms with Crippen LogP contribution in [0.25, 0.3) is 0 Å². The van der Waals surface area contributed by atoms with E-state index in [1.165, 1.54) is 0 Å². The third-order valence-electron chi connectivity index (χ3n) is 3.90. The maximum Gasteiger partial charge on any atom is 0.338 e. The smallest absolute Gasteiger partial charge is 0.338 e. The van der Waals surface area contributed by atoms with Crippen LogP contribution in [0.2, 0.25) is 0 Å². The summed E-state index contributed by atoms with van der Waals surface area (Å²) in [6.45, 7) is 3.40. The van der Waals surface area contributed by atoms with Crippen LogP contribution < -0.4 is 0 Å². The summed E-state index contributed by atoms with van der Waals surface area (Å²) in [5, 5.41) is 38.6. The van der Waals surface area contributed by atoms with Gasteiger partial charge in [-0.1, -0.05) is 52.4 Å². The molecule has 0 fully saturated rings. The molecule has 0 spiro atoms. The maximum atomic E-state index is 11.6. The number of unbranched alkanes of at least 4 members (excludes halogenated alkanes) is 4. The van der Waals surface area contributed by atoms with E-state index in [-0.39, 0.29) is 13.2 Å². The molecular formula is C18H34O8.